The summed E-state index contributed by atoms with van der Waals surface area (Å²) in [6.07, 6.45) is 1.08. The number of hydrogen-bond donors (Lipinski definition) is 1. The van der Waals surface area contributed by atoms with Gasteiger partial charge in [0.25, 0.3) is 0 Å². The monoisotopic (exact) mass is 255 g/mol. The second kappa shape index (κ2) is 4.58. The molecule has 0 spiro atoms. The number of nitrogens with one attached hydrogen (secondary N) is 1. The summed E-state index contributed by atoms with van der Waals surface area (Å²) < 4.78 is 13.0. The predicted molar refractivity (Wildman–Crippen MR) is 70.0 cm³/mol. The molecule has 0 amide bonds. The molecule has 1 saturated carbocycles. The highest BCUT2D eigenvalue weighted by atomic mass is 35.5. The van der Waals surface area contributed by atoms with Crippen LogP contribution in [0.2, 0.25) is 5.02 Å². The lowest BCUT2D eigenvalue weighted by atomic mass is 9.56. The molecule has 0 aliphatic heterocycles. The summed E-state index contributed by atoms with van der Waals surface area (Å²) in [7, 11) is 0. The Morgan fingerprint density at radius 2 is 2.18 bits per heavy atom. The topological polar surface area (TPSA) is 12.0 Å². The van der Waals surface area contributed by atoms with E-state index < -0.39 is 0 Å². The molecule has 0 saturated heterocycles. The van der Waals surface area contributed by atoms with Gasteiger partial charge in [0.1, 0.15) is 5.82 Å². The van der Waals surface area contributed by atoms with Gasteiger partial charge in [-0.25, -0.2) is 4.39 Å². The lowest BCUT2D eigenvalue weighted by molar-refractivity contribution is 0.0706. The molecule has 0 heterocycles. The highest BCUT2D eigenvalue weighted by Gasteiger charge is 2.48. The van der Waals surface area contributed by atoms with Crippen LogP contribution in [0.25, 0.3) is 0 Å². The van der Waals surface area contributed by atoms with Crippen LogP contribution in [-0.2, 0) is 0 Å². The van der Waals surface area contributed by atoms with Gasteiger partial charge in [-0.1, -0.05) is 38.4 Å². The summed E-state index contributed by atoms with van der Waals surface area (Å²) in [6, 6.07) is 5.26. The van der Waals surface area contributed by atoms with Crippen molar-refractivity contribution in [1.82, 2.24) is 5.32 Å². The minimum Gasteiger partial charge on any atom is -0.314 e. The van der Waals surface area contributed by atoms with Crippen LogP contribution in [0.15, 0.2) is 18.2 Å². The maximum Gasteiger partial charge on any atom is 0.124 e. The molecule has 94 valence electrons. The maximum atomic E-state index is 13.0. The number of rotatable bonds is 3. The van der Waals surface area contributed by atoms with Gasteiger partial charge in [-0.3, -0.25) is 0 Å². The largest absolute Gasteiger partial charge is 0.314 e. The van der Waals surface area contributed by atoms with Gasteiger partial charge in [0.05, 0.1) is 0 Å². The molecular weight excluding hydrogens is 237 g/mol. The number of benzene rings is 1. The van der Waals surface area contributed by atoms with E-state index in [1.165, 1.54) is 12.1 Å². The van der Waals surface area contributed by atoms with Crippen LogP contribution in [0.3, 0.4) is 0 Å². The van der Waals surface area contributed by atoms with Gasteiger partial charge in [-0.15, -0.1) is 0 Å². The smallest absolute Gasteiger partial charge is 0.124 e. The van der Waals surface area contributed by atoms with E-state index in [9.17, 15) is 4.39 Å². The molecule has 1 aromatic carbocycles. The summed E-state index contributed by atoms with van der Waals surface area (Å²) in [5.74, 6) is 0.152. The molecule has 1 aliphatic carbocycles. The van der Waals surface area contributed by atoms with E-state index in [-0.39, 0.29) is 11.2 Å². The number of hydrogen-bond acceptors (Lipinski definition) is 1. The molecule has 1 fully saturated rings. The highest BCUT2D eigenvalue weighted by molar-refractivity contribution is 6.31. The molecule has 0 radical (unpaired) electrons. The first-order valence-electron chi connectivity index (χ1n) is 6.15. The van der Waals surface area contributed by atoms with Crippen molar-refractivity contribution in [3.8, 4) is 0 Å². The van der Waals surface area contributed by atoms with Crippen molar-refractivity contribution in [1.29, 1.82) is 0 Å². The van der Waals surface area contributed by atoms with Crippen LogP contribution in [0.5, 0.6) is 0 Å². The third-order valence-corrected chi connectivity index (χ3v) is 4.38. The van der Waals surface area contributed by atoms with Crippen molar-refractivity contribution in [2.75, 3.05) is 6.54 Å². The highest BCUT2D eigenvalue weighted by Crippen LogP contribution is 2.53. The van der Waals surface area contributed by atoms with E-state index in [4.69, 9.17) is 11.6 Å². The van der Waals surface area contributed by atoms with Gasteiger partial charge in [0.2, 0.25) is 0 Å². The van der Waals surface area contributed by atoms with Crippen molar-refractivity contribution in [2.45, 2.75) is 39.2 Å². The van der Waals surface area contributed by atoms with Gasteiger partial charge >= 0.3 is 0 Å². The van der Waals surface area contributed by atoms with Crippen molar-refractivity contribution in [3.05, 3.63) is 34.6 Å². The van der Waals surface area contributed by atoms with Crippen LogP contribution in [0, 0.1) is 11.2 Å². The zero-order valence-corrected chi connectivity index (χ0v) is 11.3. The average Bonchev–Trinajstić information content (AvgIpc) is 2.25. The lowest BCUT2D eigenvalue weighted by Crippen LogP contribution is -2.55. The molecule has 2 rings (SSSR count). The molecule has 1 nitrogen and oxygen atoms in total. The Kier molecular flexibility index (Phi) is 3.46. The predicted octanol–water partition coefficient (Wildman–Crippen LogP) is 3.97. The Labute approximate surface area is 107 Å². The summed E-state index contributed by atoms with van der Waals surface area (Å²) in [4.78, 5) is 0. The van der Waals surface area contributed by atoms with Gasteiger partial charge in [-0.05, 0) is 42.0 Å². The Bertz CT molecular complexity index is 417. The van der Waals surface area contributed by atoms with Gasteiger partial charge in [0.15, 0.2) is 0 Å². The second-order valence-corrected chi connectivity index (χ2v) is 5.79. The minimum absolute atomic E-state index is 0.178. The summed E-state index contributed by atoms with van der Waals surface area (Å²) in [5.41, 5.74) is 1.25. The Morgan fingerprint density at radius 1 is 1.47 bits per heavy atom. The molecule has 1 aromatic rings. The van der Waals surface area contributed by atoms with E-state index in [2.05, 4.69) is 26.1 Å². The van der Waals surface area contributed by atoms with E-state index >= 15 is 0 Å². The fourth-order valence-electron chi connectivity index (χ4n) is 2.83. The zero-order chi connectivity index (χ0) is 12.6. The molecule has 1 N–H and O–H groups in total. The summed E-state index contributed by atoms with van der Waals surface area (Å²) in [5, 5.41) is 4.04. The van der Waals surface area contributed by atoms with Crippen LogP contribution in [0.1, 0.15) is 38.7 Å². The number of halogens is 2. The molecule has 17 heavy (non-hydrogen) atoms. The molecule has 2 unspecified atom stereocenters. The van der Waals surface area contributed by atoms with Crippen molar-refractivity contribution < 1.29 is 4.39 Å². The summed E-state index contributed by atoms with van der Waals surface area (Å²) >= 11 is 6.13. The standard InChI is InChI=1S/C14H19ClFN/c1-4-17-13-8-11(14(13,2)3)10-6-5-9(16)7-12(10)15/h5-7,11,13,17H,4,8H2,1-3H3. The zero-order valence-electron chi connectivity index (χ0n) is 10.6. The van der Waals surface area contributed by atoms with E-state index in [1.54, 1.807) is 0 Å². The van der Waals surface area contributed by atoms with Crippen LogP contribution in [0.4, 0.5) is 4.39 Å². The third kappa shape index (κ3) is 2.21. The van der Waals surface area contributed by atoms with Crippen molar-refractivity contribution >= 4 is 11.6 Å². The van der Waals surface area contributed by atoms with Crippen LogP contribution in [-0.4, -0.2) is 12.6 Å². The van der Waals surface area contributed by atoms with E-state index in [0.717, 1.165) is 18.5 Å². The average molecular weight is 256 g/mol. The van der Waals surface area contributed by atoms with Crippen LogP contribution >= 0.6 is 11.6 Å². The Morgan fingerprint density at radius 3 is 2.71 bits per heavy atom. The first kappa shape index (κ1) is 12.8. The second-order valence-electron chi connectivity index (χ2n) is 5.39. The minimum atomic E-state index is -0.265. The molecule has 0 bridgehead atoms. The molecule has 2 atom stereocenters. The lowest BCUT2D eigenvalue weighted by Gasteiger charge is -2.53. The van der Waals surface area contributed by atoms with Crippen molar-refractivity contribution in [2.24, 2.45) is 5.41 Å². The van der Waals surface area contributed by atoms with Crippen LogP contribution < -0.4 is 5.32 Å². The first-order valence-corrected chi connectivity index (χ1v) is 6.53. The normalized spacial score (nSPS) is 26.6. The van der Waals surface area contributed by atoms with Gasteiger partial charge < -0.3 is 5.32 Å². The molecule has 1 aliphatic rings. The van der Waals surface area contributed by atoms with E-state index in [1.807, 2.05) is 6.07 Å². The molecule has 3 heteroatoms. The molecule has 0 aromatic heterocycles. The quantitative estimate of drug-likeness (QED) is 0.862. The summed E-state index contributed by atoms with van der Waals surface area (Å²) in [6.45, 7) is 7.59. The fourth-order valence-corrected chi connectivity index (χ4v) is 3.13. The Balaban J connectivity index is 2.20. The first-order chi connectivity index (χ1) is 7.96. The SMILES string of the molecule is CCNC1CC(c2ccc(F)cc2Cl)C1(C)C. The fraction of sp³-hybridized carbons (Fsp3) is 0.571. The van der Waals surface area contributed by atoms with Gasteiger partial charge in [-0.2, -0.15) is 0 Å². The van der Waals surface area contributed by atoms with Crippen molar-refractivity contribution in [3.63, 3.8) is 0 Å². The van der Waals surface area contributed by atoms with E-state index in [0.29, 0.717) is 17.0 Å². The van der Waals surface area contributed by atoms with Gasteiger partial charge in [0, 0.05) is 11.1 Å². The third-order valence-electron chi connectivity index (χ3n) is 4.06. The Hall–Kier alpha value is -0.600. The molecular formula is C14H19ClFN. The maximum absolute atomic E-state index is 13.0.